The fourth-order valence-electron chi connectivity index (χ4n) is 4.41. The van der Waals surface area contributed by atoms with Gasteiger partial charge in [0.2, 0.25) is 5.88 Å². The van der Waals surface area contributed by atoms with Crippen LogP contribution in [0.3, 0.4) is 0 Å². The van der Waals surface area contributed by atoms with Gasteiger partial charge in [-0.15, -0.1) is 0 Å². The lowest BCUT2D eigenvalue weighted by molar-refractivity contribution is 0.251. The number of rotatable bonds is 9. The third-order valence-electron chi connectivity index (χ3n) is 6.35. The van der Waals surface area contributed by atoms with Gasteiger partial charge in [0.05, 0.1) is 23.4 Å². The highest BCUT2D eigenvalue weighted by molar-refractivity contribution is 5.49. The quantitative estimate of drug-likeness (QED) is 0.237. The van der Waals surface area contributed by atoms with E-state index in [-0.39, 0.29) is 12.6 Å². The van der Waals surface area contributed by atoms with Gasteiger partial charge in [0.25, 0.3) is 0 Å². The standard InChI is InChI=1S/C33H32N4O2/c1-5-23-16-26(19-34)18-27(17-23)28(20-35)30-29(33(2,3)4)31(38-21-24-12-8-6-9-13-24)37-32(36-30)39-22-25-14-10-7-11-15-25/h6-18,28H,5,21-22H2,1-4H3. The van der Waals surface area contributed by atoms with Crippen molar-refractivity contribution in [1.29, 1.82) is 10.5 Å². The summed E-state index contributed by atoms with van der Waals surface area (Å²) < 4.78 is 12.4. The molecule has 0 saturated heterocycles. The number of nitriles is 2. The molecule has 3 aromatic carbocycles. The van der Waals surface area contributed by atoms with Crippen LogP contribution < -0.4 is 9.47 Å². The predicted molar refractivity (Wildman–Crippen MR) is 150 cm³/mol. The number of nitrogens with zero attached hydrogens (tertiary/aromatic N) is 4. The summed E-state index contributed by atoms with van der Waals surface area (Å²) in [4.78, 5) is 9.50. The van der Waals surface area contributed by atoms with Crippen LogP contribution in [-0.2, 0) is 25.0 Å². The van der Waals surface area contributed by atoms with Gasteiger partial charge in [-0.1, -0.05) is 94.4 Å². The minimum Gasteiger partial charge on any atom is -0.472 e. The van der Waals surface area contributed by atoms with E-state index in [9.17, 15) is 10.5 Å². The van der Waals surface area contributed by atoms with Crippen molar-refractivity contribution in [3.05, 3.63) is 118 Å². The van der Waals surface area contributed by atoms with Crippen LogP contribution >= 0.6 is 0 Å². The average molecular weight is 517 g/mol. The lowest BCUT2D eigenvalue weighted by Crippen LogP contribution is -2.21. The molecule has 0 saturated carbocycles. The normalized spacial score (nSPS) is 11.7. The molecule has 1 unspecified atom stereocenters. The summed E-state index contributed by atoms with van der Waals surface area (Å²) in [6.07, 6.45) is 0.743. The summed E-state index contributed by atoms with van der Waals surface area (Å²) in [5, 5.41) is 20.1. The highest BCUT2D eigenvalue weighted by Gasteiger charge is 2.32. The Labute approximate surface area is 230 Å². The Morgan fingerprint density at radius 1 is 0.795 bits per heavy atom. The molecule has 0 amide bonds. The van der Waals surface area contributed by atoms with Crippen LogP contribution in [0, 0.1) is 22.7 Å². The molecule has 0 radical (unpaired) electrons. The molecule has 0 fully saturated rings. The molecule has 4 rings (SSSR count). The number of benzene rings is 3. The van der Waals surface area contributed by atoms with Crippen LogP contribution in [0.5, 0.6) is 11.9 Å². The fraction of sp³-hybridized carbons (Fsp3) is 0.273. The maximum absolute atomic E-state index is 10.5. The van der Waals surface area contributed by atoms with Gasteiger partial charge in [0.1, 0.15) is 19.1 Å². The van der Waals surface area contributed by atoms with Crippen LogP contribution in [0.15, 0.2) is 78.9 Å². The first kappa shape index (κ1) is 27.4. The Kier molecular flexibility index (Phi) is 8.59. The lowest BCUT2D eigenvalue weighted by Gasteiger charge is -2.27. The van der Waals surface area contributed by atoms with Crippen molar-refractivity contribution < 1.29 is 9.47 Å². The second kappa shape index (κ2) is 12.2. The molecule has 0 aliphatic heterocycles. The molecule has 1 atom stereocenters. The summed E-state index contributed by atoms with van der Waals surface area (Å²) in [7, 11) is 0. The average Bonchev–Trinajstić information content (AvgIpc) is 2.95. The Morgan fingerprint density at radius 3 is 1.95 bits per heavy atom. The Morgan fingerprint density at radius 2 is 1.41 bits per heavy atom. The fourth-order valence-corrected chi connectivity index (χ4v) is 4.41. The van der Waals surface area contributed by atoms with Crippen molar-refractivity contribution >= 4 is 0 Å². The second-order valence-corrected chi connectivity index (χ2v) is 10.4. The van der Waals surface area contributed by atoms with Crippen molar-refractivity contribution in [1.82, 2.24) is 9.97 Å². The molecule has 6 nitrogen and oxygen atoms in total. The highest BCUT2D eigenvalue weighted by atomic mass is 16.5. The third kappa shape index (κ3) is 6.80. The van der Waals surface area contributed by atoms with Crippen LogP contribution in [0.4, 0.5) is 0 Å². The minimum absolute atomic E-state index is 0.136. The number of aromatic nitrogens is 2. The maximum atomic E-state index is 10.5. The minimum atomic E-state index is -0.751. The van der Waals surface area contributed by atoms with Gasteiger partial charge in [-0.25, -0.2) is 0 Å². The van der Waals surface area contributed by atoms with Crippen LogP contribution in [0.25, 0.3) is 0 Å². The second-order valence-electron chi connectivity index (χ2n) is 10.4. The summed E-state index contributed by atoms with van der Waals surface area (Å²) in [6, 6.07) is 30.0. The molecule has 0 N–H and O–H groups in total. The largest absolute Gasteiger partial charge is 0.472 e. The molecule has 0 bridgehead atoms. The number of ether oxygens (including phenoxy) is 2. The van der Waals surface area contributed by atoms with Gasteiger partial charge in [-0.3, -0.25) is 0 Å². The zero-order valence-electron chi connectivity index (χ0n) is 22.8. The SMILES string of the molecule is CCc1cc(C#N)cc(C(C#N)c2nc(OCc3ccccc3)nc(OCc3ccccc3)c2C(C)(C)C)c1. The monoisotopic (exact) mass is 516 g/mol. The van der Waals surface area contributed by atoms with E-state index < -0.39 is 11.3 Å². The van der Waals surface area contributed by atoms with E-state index in [0.29, 0.717) is 29.3 Å². The molecule has 0 aliphatic rings. The number of hydrogen-bond acceptors (Lipinski definition) is 6. The van der Waals surface area contributed by atoms with Gasteiger partial charge < -0.3 is 9.47 Å². The zero-order valence-corrected chi connectivity index (χ0v) is 22.8. The van der Waals surface area contributed by atoms with E-state index in [1.807, 2.05) is 100 Å². The topological polar surface area (TPSA) is 91.8 Å². The summed E-state index contributed by atoms with van der Waals surface area (Å²) in [5.74, 6) is -0.370. The summed E-state index contributed by atoms with van der Waals surface area (Å²) in [6.45, 7) is 8.75. The van der Waals surface area contributed by atoms with E-state index in [4.69, 9.17) is 19.4 Å². The van der Waals surface area contributed by atoms with Gasteiger partial charge in [-0.2, -0.15) is 20.5 Å². The third-order valence-corrected chi connectivity index (χ3v) is 6.35. The lowest BCUT2D eigenvalue weighted by atomic mass is 9.81. The number of aryl methyl sites for hydroxylation is 1. The highest BCUT2D eigenvalue weighted by Crippen LogP contribution is 2.39. The molecule has 1 heterocycles. The molecule has 4 aromatic rings. The van der Waals surface area contributed by atoms with Gasteiger partial charge >= 0.3 is 6.01 Å². The first-order valence-electron chi connectivity index (χ1n) is 13.0. The predicted octanol–water partition coefficient (Wildman–Crippen LogP) is 7.02. The van der Waals surface area contributed by atoms with E-state index in [2.05, 4.69) is 12.1 Å². The van der Waals surface area contributed by atoms with E-state index in [1.165, 1.54) is 0 Å². The van der Waals surface area contributed by atoms with Crippen LogP contribution in [0.2, 0.25) is 0 Å². The van der Waals surface area contributed by atoms with Crippen molar-refractivity contribution in [3.8, 4) is 24.0 Å². The zero-order chi connectivity index (χ0) is 27.8. The Bertz CT molecular complexity index is 1500. The van der Waals surface area contributed by atoms with E-state index in [1.54, 1.807) is 6.07 Å². The smallest absolute Gasteiger partial charge is 0.320 e. The van der Waals surface area contributed by atoms with Crippen molar-refractivity contribution in [2.45, 2.75) is 58.7 Å². The van der Waals surface area contributed by atoms with Crippen molar-refractivity contribution in [2.24, 2.45) is 0 Å². The molecular formula is C33H32N4O2. The van der Waals surface area contributed by atoms with Crippen molar-refractivity contribution in [2.75, 3.05) is 0 Å². The molecule has 196 valence electrons. The van der Waals surface area contributed by atoms with Crippen LogP contribution in [-0.4, -0.2) is 9.97 Å². The van der Waals surface area contributed by atoms with E-state index in [0.717, 1.165) is 28.7 Å². The Balaban J connectivity index is 1.86. The number of hydrogen-bond donors (Lipinski definition) is 0. The summed E-state index contributed by atoms with van der Waals surface area (Å²) in [5.41, 5.74) is 4.97. The molecule has 1 aromatic heterocycles. The maximum Gasteiger partial charge on any atom is 0.320 e. The molecule has 6 heteroatoms. The molecule has 0 aliphatic carbocycles. The molecule has 0 spiro atoms. The summed E-state index contributed by atoms with van der Waals surface area (Å²) >= 11 is 0. The Hall–Kier alpha value is -4.68. The van der Waals surface area contributed by atoms with Crippen LogP contribution in [0.1, 0.15) is 72.7 Å². The first-order valence-corrected chi connectivity index (χ1v) is 13.0. The van der Waals surface area contributed by atoms with Crippen molar-refractivity contribution in [3.63, 3.8) is 0 Å². The first-order chi connectivity index (χ1) is 18.8. The van der Waals surface area contributed by atoms with Gasteiger partial charge in [-0.05, 0) is 46.2 Å². The molecular weight excluding hydrogens is 484 g/mol. The molecule has 39 heavy (non-hydrogen) atoms. The van der Waals surface area contributed by atoms with Gasteiger partial charge in [0.15, 0.2) is 0 Å². The van der Waals surface area contributed by atoms with E-state index >= 15 is 0 Å². The van der Waals surface area contributed by atoms with Gasteiger partial charge in [0, 0.05) is 5.56 Å².